The van der Waals surface area contributed by atoms with Crippen LogP contribution in [0.15, 0.2) is 0 Å². The van der Waals surface area contributed by atoms with E-state index in [1.165, 1.54) is 12.8 Å². The molecule has 5 heteroatoms. The highest BCUT2D eigenvalue weighted by atomic mass is 15.4. The minimum atomic E-state index is 0.360. The smallest absolute Gasteiger partial charge is 0.202 e. The maximum Gasteiger partial charge on any atom is 0.202 e. The van der Waals surface area contributed by atoms with Crippen molar-refractivity contribution in [2.45, 2.75) is 59.4 Å². The Labute approximate surface area is 121 Å². The van der Waals surface area contributed by atoms with Gasteiger partial charge in [-0.15, -0.1) is 0 Å². The van der Waals surface area contributed by atoms with Gasteiger partial charge in [-0.3, -0.25) is 9.25 Å². The fourth-order valence-corrected chi connectivity index (χ4v) is 2.84. The molecule has 0 aliphatic carbocycles. The van der Waals surface area contributed by atoms with Crippen LogP contribution in [0.3, 0.4) is 0 Å². The molecule has 0 amide bonds. The largest absolute Gasteiger partial charge is 0.369 e. The molecule has 20 heavy (non-hydrogen) atoms. The van der Waals surface area contributed by atoms with Crippen LogP contribution < -0.4 is 5.73 Å². The van der Waals surface area contributed by atoms with E-state index >= 15 is 0 Å². The predicted molar refractivity (Wildman–Crippen MR) is 83.7 cm³/mol. The van der Waals surface area contributed by atoms with Gasteiger partial charge in [-0.1, -0.05) is 33.6 Å². The maximum absolute atomic E-state index is 6.13. The molecule has 2 rings (SSSR count). The molecule has 0 aromatic carbocycles. The van der Waals surface area contributed by atoms with Crippen LogP contribution in [-0.4, -0.2) is 19.3 Å². The second-order valence-electron chi connectivity index (χ2n) is 6.11. The first-order chi connectivity index (χ1) is 9.45. The van der Waals surface area contributed by atoms with Gasteiger partial charge in [0, 0.05) is 13.1 Å². The third-order valence-corrected chi connectivity index (χ3v) is 3.94. The molecule has 1 atom stereocenters. The lowest BCUT2D eigenvalue weighted by molar-refractivity contribution is 0.452. The van der Waals surface area contributed by atoms with Crippen LogP contribution in [0.1, 0.15) is 58.7 Å². The number of aromatic nitrogens is 4. The number of anilines is 1. The van der Waals surface area contributed by atoms with E-state index in [4.69, 9.17) is 5.73 Å². The van der Waals surface area contributed by atoms with Gasteiger partial charge in [0.25, 0.3) is 0 Å². The Balaban J connectivity index is 2.29. The molecule has 2 N–H and O–H groups in total. The Morgan fingerprint density at radius 1 is 1.20 bits per heavy atom. The Morgan fingerprint density at radius 2 is 1.90 bits per heavy atom. The van der Waals surface area contributed by atoms with Crippen LogP contribution in [0.5, 0.6) is 0 Å². The van der Waals surface area contributed by atoms with Gasteiger partial charge >= 0.3 is 0 Å². The summed E-state index contributed by atoms with van der Waals surface area (Å²) in [5.74, 6) is 1.37. The molecule has 0 spiro atoms. The molecule has 1 unspecified atom stereocenters. The second kappa shape index (κ2) is 5.85. The van der Waals surface area contributed by atoms with Crippen LogP contribution in [0, 0.1) is 5.92 Å². The Kier molecular flexibility index (Phi) is 4.35. The summed E-state index contributed by atoms with van der Waals surface area (Å²) in [6, 6.07) is 0.360. The number of aryl methyl sites for hydroxylation is 2. The summed E-state index contributed by atoms with van der Waals surface area (Å²) >= 11 is 0. The minimum absolute atomic E-state index is 0.360. The van der Waals surface area contributed by atoms with Gasteiger partial charge < -0.3 is 5.73 Å². The average molecular weight is 277 g/mol. The van der Waals surface area contributed by atoms with Gasteiger partial charge in [-0.05, 0) is 25.7 Å². The summed E-state index contributed by atoms with van der Waals surface area (Å²) in [7, 11) is 1.97. The Morgan fingerprint density at radius 3 is 2.50 bits per heavy atom. The van der Waals surface area contributed by atoms with E-state index in [1.54, 1.807) is 0 Å². The third-order valence-electron chi connectivity index (χ3n) is 3.94. The number of nitrogens with zero attached hydrogens (tertiary/aromatic N) is 4. The number of hydrogen-bond donors (Lipinski definition) is 1. The monoisotopic (exact) mass is 277 g/mol. The van der Waals surface area contributed by atoms with Gasteiger partial charge in [0.1, 0.15) is 5.52 Å². The summed E-state index contributed by atoms with van der Waals surface area (Å²) in [4.78, 5) is 4.53. The van der Waals surface area contributed by atoms with Crippen molar-refractivity contribution in [2.75, 3.05) is 5.73 Å². The summed E-state index contributed by atoms with van der Waals surface area (Å²) in [5, 5.41) is 4.54. The second-order valence-corrected chi connectivity index (χ2v) is 6.11. The number of nitrogens with two attached hydrogens (primary N) is 1. The Bertz CT molecular complexity index is 579. The molecule has 0 radical (unpaired) electrons. The van der Waals surface area contributed by atoms with Crippen molar-refractivity contribution in [2.24, 2.45) is 13.0 Å². The predicted octanol–water partition coefficient (Wildman–Crippen LogP) is 3.30. The molecule has 5 nitrogen and oxygen atoms in total. The normalized spacial score (nSPS) is 13.5. The van der Waals surface area contributed by atoms with Gasteiger partial charge in [0.05, 0.1) is 5.69 Å². The molecule has 112 valence electrons. The first kappa shape index (κ1) is 14.9. The van der Waals surface area contributed by atoms with Crippen LogP contribution in [0.4, 0.5) is 5.95 Å². The molecule has 0 aliphatic rings. The van der Waals surface area contributed by atoms with E-state index in [-0.39, 0.29) is 0 Å². The lowest BCUT2D eigenvalue weighted by atomic mass is 10.0. The summed E-state index contributed by atoms with van der Waals surface area (Å²) < 4.78 is 4.05. The molecule has 2 aromatic rings. The number of imidazole rings is 1. The number of nitrogen functional groups attached to an aromatic ring is 1. The zero-order valence-electron chi connectivity index (χ0n) is 13.3. The molecule has 2 heterocycles. The highest BCUT2D eigenvalue weighted by Crippen LogP contribution is 2.27. The van der Waals surface area contributed by atoms with Crippen molar-refractivity contribution >= 4 is 17.1 Å². The number of rotatable bonds is 6. The standard InChI is InChI=1S/C15H27N5/c1-6-12-13-14(19(5)18-12)20(15(16)17-13)11(4)9-7-8-10(2)3/h10-11H,6-9H2,1-5H3,(H2,16,17). The fourth-order valence-electron chi connectivity index (χ4n) is 2.84. The lowest BCUT2D eigenvalue weighted by Crippen LogP contribution is -2.11. The maximum atomic E-state index is 6.13. The van der Waals surface area contributed by atoms with Gasteiger partial charge in [-0.25, -0.2) is 4.98 Å². The van der Waals surface area contributed by atoms with Crippen LogP contribution in [-0.2, 0) is 13.5 Å². The van der Waals surface area contributed by atoms with Crippen molar-refractivity contribution in [1.29, 1.82) is 0 Å². The molecule has 0 aliphatic heterocycles. The van der Waals surface area contributed by atoms with Crippen LogP contribution in [0.25, 0.3) is 11.2 Å². The molecule has 0 saturated heterocycles. The highest BCUT2D eigenvalue weighted by molar-refractivity contribution is 5.78. The lowest BCUT2D eigenvalue weighted by Gasteiger charge is -2.16. The summed E-state index contributed by atoms with van der Waals surface area (Å²) in [6.07, 6.45) is 4.49. The Hall–Kier alpha value is -1.52. The molecular weight excluding hydrogens is 250 g/mol. The van der Waals surface area contributed by atoms with E-state index in [9.17, 15) is 0 Å². The van der Waals surface area contributed by atoms with Crippen LogP contribution >= 0.6 is 0 Å². The van der Waals surface area contributed by atoms with E-state index in [0.717, 1.165) is 35.6 Å². The molecular formula is C15H27N5. The quantitative estimate of drug-likeness (QED) is 0.881. The average Bonchev–Trinajstić information content (AvgIpc) is 2.86. The first-order valence-corrected chi connectivity index (χ1v) is 7.64. The van der Waals surface area contributed by atoms with Crippen molar-refractivity contribution in [3.8, 4) is 0 Å². The topological polar surface area (TPSA) is 61.7 Å². The van der Waals surface area contributed by atoms with E-state index in [1.807, 2.05) is 11.7 Å². The fraction of sp³-hybridized carbons (Fsp3) is 0.733. The number of hydrogen-bond acceptors (Lipinski definition) is 3. The van der Waals surface area contributed by atoms with Crippen molar-refractivity contribution < 1.29 is 0 Å². The van der Waals surface area contributed by atoms with Crippen molar-refractivity contribution in [1.82, 2.24) is 19.3 Å². The zero-order valence-corrected chi connectivity index (χ0v) is 13.3. The van der Waals surface area contributed by atoms with Crippen molar-refractivity contribution in [3.05, 3.63) is 5.69 Å². The molecule has 0 fully saturated rings. The van der Waals surface area contributed by atoms with Crippen LogP contribution in [0.2, 0.25) is 0 Å². The zero-order chi connectivity index (χ0) is 14.9. The minimum Gasteiger partial charge on any atom is -0.369 e. The number of fused-ring (bicyclic) bond motifs is 1. The SMILES string of the molecule is CCc1nn(C)c2c1nc(N)n2C(C)CCCC(C)C. The van der Waals surface area contributed by atoms with E-state index in [2.05, 4.69) is 42.3 Å². The molecule has 2 aromatic heterocycles. The third kappa shape index (κ3) is 2.67. The summed E-state index contributed by atoms with van der Waals surface area (Å²) in [5.41, 5.74) is 9.18. The van der Waals surface area contributed by atoms with Crippen molar-refractivity contribution in [3.63, 3.8) is 0 Å². The van der Waals surface area contributed by atoms with E-state index in [0.29, 0.717) is 12.0 Å². The van der Waals surface area contributed by atoms with Gasteiger partial charge in [0.2, 0.25) is 5.95 Å². The molecule has 0 bridgehead atoms. The van der Waals surface area contributed by atoms with E-state index < -0.39 is 0 Å². The van der Waals surface area contributed by atoms with Gasteiger partial charge in [0.15, 0.2) is 5.65 Å². The first-order valence-electron chi connectivity index (χ1n) is 7.64. The summed E-state index contributed by atoms with van der Waals surface area (Å²) in [6.45, 7) is 8.85. The highest BCUT2D eigenvalue weighted by Gasteiger charge is 2.20. The molecule has 0 saturated carbocycles. The van der Waals surface area contributed by atoms with Gasteiger partial charge in [-0.2, -0.15) is 5.10 Å².